The average Bonchev–Trinajstić information content (AvgIpc) is 3.27. The standard InChI is InChI=1S/C26H31N3O8/c1-4-25-20(28-23(34)29-25)21(27-16-9-6-8-15(11-16)18(32)12-30)26(36,24(25,3)35)13-37-22(33)19-14(2)7-5-10-17(19)31/h5-11,20-21,27,30-31,35-36H,4,12-13H2,1-3H3,(H2,28,29,34)/t20-,21-,24+,25-,26+/m0/s1. The number of anilines is 1. The Morgan fingerprint density at radius 1 is 1.16 bits per heavy atom. The van der Waals surface area contributed by atoms with E-state index < -0.39 is 59.8 Å². The highest BCUT2D eigenvalue weighted by molar-refractivity contribution is 5.97. The molecule has 2 amide bonds. The topological polar surface area (TPSA) is 177 Å². The molecular formula is C26H31N3O8. The molecular weight excluding hydrogens is 482 g/mol. The number of ketones is 1. The summed E-state index contributed by atoms with van der Waals surface area (Å²) in [4.78, 5) is 37.3. The van der Waals surface area contributed by atoms with Crippen molar-refractivity contribution in [2.24, 2.45) is 0 Å². The zero-order chi connectivity index (χ0) is 27.2. The van der Waals surface area contributed by atoms with Crippen LogP contribution < -0.4 is 16.0 Å². The minimum absolute atomic E-state index is 0.0692. The van der Waals surface area contributed by atoms with E-state index in [2.05, 4.69) is 16.0 Å². The van der Waals surface area contributed by atoms with Crippen LogP contribution in [0.1, 0.15) is 46.5 Å². The van der Waals surface area contributed by atoms with Crippen molar-refractivity contribution in [3.8, 4) is 5.75 Å². The Bertz CT molecular complexity index is 1230. The number of amides is 2. The smallest absolute Gasteiger partial charge is 0.342 e. The van der Waals surface area contributed by atoms with Crippen molar-refractivity contribution in [2.75, 3.05) is 18.5 Å². The van der Waals surface area contributed by atoms with Crippen LogP contribution in [0.15, 0.2) is 42.5 Å². The number of ether oxygens (including phenoxy) is 1. The predicted molar refractivity (Wildman–Crippen MR) is 132 cm³/mol. The van der Waals surface area contributed by atoms with Gasteiger partial charge in [-0.25, -0.2) is 9.59 Å². The Balaban J connectivity index is 1.73. The molecule has 7 N–H and O–H groups in total. The molecule has 5 atom stereocenters. The maximum atomic E-state index is 12.9. The van der Waals surface area contributed by atoms with Gasteiger partial charge in [-0.1, -0.05) is 31.2 Å². The summed E-state index contributed by atoms with van der Waals surface area (Å²) in [5.41, 5.74) is -4.52. The zero-order valence-electron chi connectivity index (χ0n) is 20.7. The van der Waals surface area contributed by atoms with E-state index in [0.717, 1.165) is 0 Å². The third kappa shape index (κ3) is 3.99. The molecule has 2 aliphatic rings. The van der Waals surface area contributed by atoms with Crippen LogP contribution in [0.3, 0.4) is 0 Å². The molecule has 2 aromatic rings. The normalized spacial score (nSPS) is 30.3. The van der Waals surface area contributed by atoms with Crippen molar-refractivity contribution < 1.29 is 39.5 Å². The number of esters is 1. The summed E-state index contributed by atoms with van der Waals surface area (Å²) < 4.78 is 5.46. The fraction of sp³-hybridized carbons (Fsp3) is 0.423. The van der Waals surface area contributed by atoms with E-state index in [4.69, 9.17) is 4.74 Å². The van der Waals surface area contributed by atoms with Gasteiger partial charge in [0.1, 0.15) is 30.1 Å². The number of rotatable bonds is 8. The predicted octanol–water partition coefficient (Wildman–Crippen LogP) is 0.839. The second-order valence-corrected chi connectivity index (χ2v) is 9.73. The van der Waals surface area contributed by atoms with Crippen LogP contribution in [-0.4, -0.2) is 80.2 Å². The maximum absolute atomic E-state index is 12.9. The molecule has 37 heavy (non-hydrogen) atoms. The molecule has 0 unspecified atom stereocenters. The summed E-state index contributed by atoms with van der Waals surface area (Å²) in [5, 5.41) is 51.8. The summed E-state index contributed by atoms with van der Waals surface area (Å²) in [6.45, 7) is 3.36. The molecule has 4 rings (SSSR count). The van der Waals surface area contributed by atoms with Crippen LogP contribution in [0.2, 0.25) is 0 Å². The molecule has 198 valence electrons. The van der Waals surface area contributed by atoms with E-state index in [1.807, 2.05) is 0 Å². The third-order valence-corrected chi connectivity index (χ3v) is 7.80. The average molecular weight is 514 g/mol. The number of fused-ring (bicyclic) bond motifs is 1. The lowest BCUT2D eigenvalue weighted by Crippen LogP contribution is -2.68. The maximum Gasteiger partial charge on any atom is 0.342 e. The van der Waals surface area contributed by atoms with E-state index in [1.54, 1.807) is 38.1 Å². The van der Waals surface area contributed by atoms with Gasteiger partial charge >= 0.3 is 12.0 Å². The summed E-state index contributed by atoms with van der Waals surface area (Å²) in [6.07, 6.45) is 0.222. The van der Waals surface area contributed by atoms with Crippen molar-refractivity contribution in [3.63, 3.8) is 0 Å². The summed E-state index contributed by atoms with van der Waals surface area (Å²) >= 11 is 0. The van der Waals surface area contributed by atoms with Gasteiger partial charge in [0.15, 0.2) is 11.4 Å². The van der Waals surface area contributed by atoms with Gasteiger partial charge < -0.3 is 41.1 Å². The number of phenols is 1. The highest BCUT2D eigenvalue weighted by Crippen LogP contribution is 2.51. The Labute approximate surface area is 213 Å². The van der Waals surface area contributed by atoms with Crippen LogP contribution in [0, 0.1) is 6.92 Å². The fourth-order valence-corrected chi connectivity index (χ4v) is 5.64. The van der Waals surface area contributed by atoms with Crippen molar-refractivity contribution in [1.29, 1.82) is 0 Å². The van der Waals surface area contributed by atoms with Gasteiger partial charge in [-0.2, -0.15) is 0 Å². The number of phenolic OH excluding ortho intramolecular Hbond substituents is 1. The number of aryl methyl sites for hydroxylation is 1. The molecule has 1 aliphatic carbocycles. The first-order valence-electron chi connectivity index (χ1n) is 11.9. The fourth-order valence-electron chi connectivity index (χ4n) is 5.64. The Morgan fingerprint density at radius 2 is 1.86 bits per heavy atom. The molecule has 1 aliphatic heterocycles. The van der Waals surface area contributed by atoms with Gasteiger partial charge in [0.25, 0.3) is 0 Å². The second kappa shape index (κ2) is 9.33. The molecule has 0 spiro atoms. The number of nitrogens with one attached hydrogen (secondary N) is 3. The number of carbonyl (C=O) groups is 3. The highest BCUT2D eigenvalue weighted by atomic mass is 16.5. The molecule has 0 aromatic heterocycles. The first-order chi connectivity index (χ1) is 17.4. The molecule has 1 saturated carbocycles. The summed E-state index contributed by atoms with van der Waals surface area (Å²) in [5.74, 6) is -1.69. The number of Topliss-reactive ketones (excluding diaryl/α,β-unsaturated/α-hetero) is 1. The van der Waals surface area contributed by atoms with E-state index >= 15 is 0 Å². The van der Waals surface area contributed by atoms with E-state index in [0.29, 0.717) is 11.3 Å². The number of aromatic hydroxyl groups is 1. The van der Waals surface area contributed by atoms with E-state index in [9.17, 15) is 34.8 Å². The second-order valence-electron chi connectivity index (χ2n) is 9.73. The number of benzene rings is 2. The first kappa shape index (κ1) is 26.4. The van der Waals surface area contributed by atoms with Crippen LogP contribution in [0.5, 0.6) is 5.75 Å². The van der Waals surface area contributed by atoms with Crippen molar-refractivity contribution in [1.82, 2.24) is 10.6 Å². The molecule has 11 heteroatoms. The summed E-state index contributed by atoms with van der Waals surface area (Å²) in [7, 11) is 0. The number of aliphatic hydroxyl groups excluding tert-OH is 1. The Kier molecular flexibility index (Phi) is 6.65. The lowest BCUT2D eigenvalue weighted by Gasteiger charge is -2.44. The quantitative estimate of drug-likeness (QED) is 0.199. The van der Waals surface area contributed by atoms with Crippen LogP contribution in [0.4, 0.5) is 10.5 Å². The number of hydrogen-bond donors (Lipinski definition) is 7. The van der Waals surface area contributed by atoms with Crippen molar-refractivity contribution >= 4 is 23.5 Å². The summed E-state index contributed by atoms with van der Waals surface area (Å²) in [6, 6.07) is 8.25. The first-order valence-corrected chi connectivity index (χ1v) is 11.9. The number of urea groups is 1. The molecule has 0 bridgehead atoms. The lowest BCUT2D eigenvalue weighted by molar-refractivity contribution is -0.171. The molecule has 1 saturated heterocycles. The monoisotopic (exact) mass is 513 g/mol. The number of carbonyl (C=O) groups excluding carboxylic acids is 3. The largest absolute Gasteiger partial charge is 0.507 e. The van der Waals surface area contributed by atoms with E-state index in [1.165, 1.54) is 25.1 Å². The van der Waals surface area contributed by atoms with Gasteiger partial charge in [0, 0.05) is 11.3 Å². The minimum Gasteiger partial charge on any atom is -0.507 e. The van der Waals surface area contributed by atoms with Gasteiger partial charge in [-0.05, 0) is 44.0 Å². The minimum atomic E-state index is -2.15. The molecule has 11 nitrogen and oxygen atoms in total. The molecule has 2 fully saturated rings. The van der Waals surface area contributed by atoms with Gasteiger partial charge in [-0.3, -0.25) is 4.79 Å². The van der Waals surface area contributed by atoms with Gasteiger partial charge in [-0.15, -0.1) is 0 Å². The number of hydrogen-bond acceptors (Lipinski definition) is 9. The highest BCUT2D eigenvalue weighted by Gasteiger charge is 2.77. The SMILES string of the molecule is CC[C@]12NC(=O)N[C@H]1[C@H](Nc1cccc(C(=O)CO)c1)[C@](O)(COC(=O)c1c(C)cccc1O)[C@]2(C)O. The van der Waals surface area contributed by atoms with Gasteiger partial charge in [0.2, 0.25) is 0 Å². The lowest BCUT2D eigenvalue weighted by atomic mass is 9.75. The molecule has 1 heterocycles. The van der Waals surface area contributed by atoms with Crippen molar-refractivity contribution in [3.05, 3.63) is 59.2 Å². The Hall–Kier alpha value is -3.67. The zero-order valence-corrected chi connectivity index (χ0v) is 20.7. The molecule has 2 aromatic carbocycles. The van der Waals surface area contributed by atoms with Gasteiger partial charge in [0.05, 0.1) is 17.6 Å². The van der Waals surface area contributed by atoms with E-state index in [-0.39, 0.29) is 23.3 Å². The van der Waals surface area contributed by atoms with Crippen LogP contribution >= 0.6 is 0 Å². The van der Waals surface area contributed by atoms with Crippen molar-refractivity contribution in [2.45, 2.75) is 56.0 Å². The Morgan fingerprint density at radius 3 is 2.51 bits per heavy atom. The number of aliphatic hydroxyl groups is 3. The molecule has 0 radical (unpaired) electrons. The van der Waals surface area contributed by atoms with Crippen LogP contribution in [0.25, 0.3) is 0 Å². The van der Waals surface area contributed by atoms with Crippen LogP contribution in [-0.2, 0) is 4.74 Å². The third-order valence-electron chi connectivity index (χ3n) is 7.80.